The van der Waals surface area contributed by atoms with Gasteiger partial charge in [-0.05, 0) is 13.8 Å². The first-order chi connectivity index (χ1) is 4.54. The topological polar surface area (TPSA) is 72.5 Å². The van der Waals surface area contributed by atoms with E-state index in [2.05, 4.69) is 0 Å². The standard InChI is InChI=1S/C6H13NO3.ClH/c1-4(2)10-3-5(7)6(8)9;/h4-5H,3,7H2,1-2H3,(H,8,9);1H. The van der Waals surface area contributed by atoms with Crippen molar-refractivity contribution in [1.29, 1.82) is 0 Å². The predicted molar refractivity (Wildman–Crippen MR) is 43.9 cm³/mol. The van der Waals surface area contributed by atoms with Crippen molar-refractivity contribution in [2.45, 2.75) is 26.0 Å². The number of nitrogens with two attached hydrogens (primary N) is 1. The van der Waals surface area contributed by atoms with Crippen molar-refractivity contribution in [3.63, 3.8) is 0 Å². The van der Waals surface area contributed by atoms with Gasteiger partial charge in [-0.3, -0.25) is 4.79 Å². The molecule has 3 N–H and O–H groups in total. The molecule has 5 heteroatoms. The van der Waals surface area contributed by atoms with Crippen LogP contribution in [0.1, 0.15) is 13.8 Å². The Kier molecular flexibility index (Phi) is 7.72. The molecule has 1 atom stereocenters. The van der Waals surface area contributed by atoms with Crippen LogP contribution in [0.25, 0.3) is 0 Å². The maximum Gasteiger partial charge on any atom is 0.322 e. The SMILES string of the molecule is CC(C)OCC(N)C(=O)O.Cl. The second-order valence-corrected chi connectivity index (χ2v) is 2.33. The maximum absolute atomic E-state index is 10.1. The average Bonchev–Trinajstić information content (AvgIpc) is 1.82. The number of carbonyl (C=O) groups is 1. The zero-order chi connectivity index (χ0) is 8.15. The van der Waals surface area contributed by atoms with E-state index in [1.165, 1.54) is 0 Å². The highest BCUT2D eigenvalue weighted by molar-refractivity contribution is 5.85. The summed E-state index contributed by atoms with van der Waals surface area (Å²) in [5, 5.41) is 8.29. The summed E-state index contributed by atoms with van der Waals surface area (Å²) in [5.41, 5.74) is 5.14. The van der Waals surface area contributed by atoms with Crippen LogP contribution >= 0.6 is 12.4 Å². The highest BCUT2D eigenvalue weighted by atomic mass is 35.5. The lowest BCUT2D eigenvalue weighted by Gasteiger charge is -2.09. The van der Waals surface area contributed by atoms with Crippen molar-refractivity contribution in [3.8, 4) is 0 Å². The number of aliphatic carboxylic acids is 1. The van der Waals surface area contributed by atoms with Gasteiger partial charge in [0.15, 0.2) is 0 Å². The van der Waals surface area contributed by atoms with Crippen LogP contribution < -0.4 is 5.73 Å². The van der Waals surface area contributed by atoms with Gasteiger partial charge in [0, 0.05) is 0 Å². The average molecular weight is 184 g/mol. The fourth-order valence-electron chi connectivity index (χ4n) is 0.367. The Morgan fingerprint density at radius 1 is 1.64 bits per heavy atom. The molecule has 1 unspecified atom stereocenters. The molecule has 11 heavy (non-hydrogen) atoms. The molecule has 68 valence electrons. The normalized spacial score (nSPS) is 12.4. The number of carboxylic acids is 1. The molecule has 0 aromatic heterocycles. The number of hydrogen-bond acceptors (Lipinski definition) is 3. The Bertz CT molecular complexity index is 118. The largest absolute Gasteiger partial charge is 0.480 e. The lowest BCUT2D eigenvalue weighted by Crippen LogP contribution is -2.35. The minimum Gasteiger partial charge on any atom is -0.480 e. The van der Waals surface area contributed by atoms with Gasteiger partial charge in [-0.1, -0.05) is 0 Å². The van der Waals surface area contributed by atoms with Gasteiger partial charge in [-0.15, -0.1) is 12.4 Å². The Balaban J connectivity index is 0. The molecule has 0 spiro atoms. The predicted octanol–water partition coefficient (Wildman–Crippen LogP) is 0.245. The third-order valence-corrected chi connectivity index (χ3v) is 0.926. The number of halogens is 1. The molecule has 0 aromatic carbocycles. The van der Waals surface area contributed by atoms with Gasteiger partial charge in [0.2, 0.25) is 0 Å². The van der Waals surface area contributed by atoms with E-state index in [4.69, 9.17) is 15.6 Å². The van der Waals surface area contributed by atoms with E-state index in [0.717, 1.165) is 0 Å². The van der Waals surface area contributed by atoms with E-state index < -0.39 is 12.0 Å². The van der Waals surface area contributed by atoms with Gasteiger partial charge in [0.25, 0.3) is 0 Å². The molecule has 0 aliphatic rings. The summed E-state index contributed by atoms with van der Waals surface area (Å²) in [6.07, 6.45) is 0.0328. The minimum atomic E-state index is -1.03. The molecule has 4 nitrogen and oxygen atoms in total. The monoisotopic (exact) mass is 183 g/mol. The number of rotatable bonds is 4. The van der Waals surface area contributed by atoms with Crippen LogP contribution in [0.4, 0.5) is 0 Å². The lowest BCUT2D eigenvalue weighted by molar-refractivity contribution is -0.140. The summed E-state index contributed by atoms with van der Waals surface area (Å²) >= 11 is 0. The molecular weight excluding hydrogens is 170 g/mol. The first kappa shape index (κ1) is 13.3. The number of ether oxygens (including phenoxy) is 1. The van der Waals surface area contributed by atoms with Gasteiger partial charge in [-0.25, -0.2) is 0 Å². The Labute approximate surface area is 72.1 Å². The van der Waals surface area contributed by atoms with Crippen molar-refractivity contribution in [3.05, 3.63) is 0 Å². The van der Waals surface area contributed by atoms with E-state index in [-0.39, 0.29) is 25.1 Å². The Hall–Kier alpha value is -0.320. The van der Waals surface area contributed by atoms with E-state index >= 15 is 0 Å². The van der Waals surface area contributed by atoms with Crippen molar-refractivity contribution in [1.82, 2.24) is 0 Å². The highest BCUT2D eigenvalue weighted by Gasteiger charge is 2.11. The zero-order valence-electron chi connectivity index (χ0n) is 6.61. The fraction of sp³-hybridized carbons (Fsp3) is 0.833. The van der Waals surface area contributed by atoms with Crippen LogP contribution in [0.5, 0.6) is 0 Å². The van der Waals surface area contributed by atoms with Crippen LogP contribution in [0, 0.1) is 0 Å². The number of carboxylic acid groups (broad SMARTS) is 1. The molecule has 0 aliphatic carbocycles. The molecule has 0 fully saturated rings. The van der Waals surface area contributed by atoms with Crippen molar-refractivity contribution in [2.75, 3.05) is 6.61 Å². The fourth-order valence-corrected chi connectivity index (χ4v) is 0.367. The summed E-state index contributed by atoms with van der Waals surface area (Å²) in [4.78, 5) is 10.1. The van der Waals surface area contributed by atoms with E-state index in [1.807, 2.05) is 13.8 Å². The van der Waals surface area contributed by atoms with Crippen molar-refractivity contribution in [2.24, 2.45) is 5.73 Å². The summed E-state index contributed by atoms with van der Waals surface area (Å²) in [6, 6.07) is -0.901. The van der Waals surface area contributed by atoms with Crippen molar-refractivity contribution < 1.29 is 14.6 Å². The summed E-state index contributed by atoms with van der Waals surface area (Å²) in [5.74, 6) is -1.03. The summed E-state index contributed by atoms with van der Waals surface area (Å²) in [7, 11) is 0. The zero-order valence-corrected chi connectivity index (χ0v) is 7.43. The second-order valence-electron chi connectivity index (χ2n) is 2.33. The summed E-state index contributed by atoms with van der Waals surface area (Å²) in [6.45, 7) is 3.73. The summed E-state index contributed by atoms with van der Waals surface area (Å²) < 4.78 is 4.96. The first-order valence-electron chi connectivity index (χ1n) is 3.14. The van der Waals surface area contributed by atoms with Crippen LogP contribution in [0.15, 0.2) is 0 Å². The van der Waals surface area contributed by atoms with Crippen LogP contribution in [-0.4, -0.2) is 29.8 Å². The maximum atomic E-state index is 10.1. The molecule has 0 aliphatic heterocycles. The van der Waals surface area contributed by atoms with E-state index in [9.17, 15) is 4.79 Å². The van der Waals surface area contributed by atoms with E-state index in [0.29, 0.717) is 0 Å². The van der Waals surface area contributed by atoms with Gasteiger partial charge >= 0.3 is 5.97 Å². The Morgan fingerprint density at radius 2 is 2.09 bits per heavy atom. The van der Waals surface area contributed by atoms with Crippen LogP contribution in [0.3, 0.4) is 0 Å². The molecule has 0 bridgehead atoms. The molecule has 0 saturated carbocycles. The highest BCUT2D eigenvalue weighted by Crippen LogP contribution is 1.89. The second kappa shape index (κ2) is 6.39. The van der Waals surface area contributed by atoms with E-state index in [1.54, 1.807) is 0 Å². The third-order valence-electron chi connectivity index (χ3n) is 0.926. The lowest BCUT2D eigenvalue weighted by atomic mass is 10.3. The molecule has 0 rings (SSSR count). The van der Waals surface area contributed by atoms with Gasteiger partial charge in [0.1, 0.15) is 6.04 Å². The van der Waals surface area contributed by atoms with Crippen molar-refractivity contribution >= 4 is 18.4 Å². The van der Waals surface area contributed by atoms with Crippen LogP contribution in [0.2, 0.25) is 0 Å². The smallest absolute Gasteiger partial charge is 0.322 e. The molecule has 0 saturated heterocycles. The van der Waals surface area contributed by atoms with Gasteiger partial charge in [-0.2, -0.15) is 0 Å². The Morgan fingerprint density at radius 3 is 2.36 bits per heavy atom. The quantitative estimate of drug-likeness (QED) is 0.655. The van der Waals surface area contributed by atoms with Crippen LogP contribution in [-0.2, 0) is 9.53 Å². The van der Waals surface area contributed by atoms with Gasteiger partial charge in [0.05, 0.1) is 12.7 Å². The molecule has 0 heterocycles. The molecule has 0 aromatic rings. The molecule has 0 amide bonds. The van der Waals surface area contributed by atoms with Gasteiger partial charge < -0.3 is 15.6 Å². The third kappa shape index (κ3) is 7.58. The minimum absolute atomic E-state index is 0. The molecular formula is C6H14ClNO3. The molecule has 0 radical (unpaired) electrons. The first-order valence-corrected chi connectivity index (χ1v) is 3.14. The number of hydrogen-bond donors (Lipinski definition) is 2.